The molecule has 26 heavy (non-hydrogen) atoms. The summed E-state index contributed by atoms with van der Waals surface area (Å²) in [5, 5.41) is 12.1. The molecule has 0 saturated carbocycles. The number of nitrogens with zero attached hydrogens (tertiary/aromatic N) is 1. The lowest BCUT2D eigenvalue weighted by Gasteiger charge is -2.10. The zero-order valence-corrected chi connectivity index (χ0v) is 17.9. The number of nitrogens with one attached hydrogen (secondary N) is 1. The van der Waals surface area contributed by atoms with Gasteiger partial charge in [0.1, 0.15) is 17.4 Å². The van der Waals surface area contributed by atoms with Gasteiger partial charge in [0, 0.05) is 5.69 Å². The van der Waals surface area contributed by atoms with Crippen LogP contribution in [0.5, 0.6) is 5.75 Å². The second-order valence-corrected chi connectivity index (χ2v) is 7.38. The molecule has 0 unspecified atom stereocenters. The lowest BCUT2D eigenvalue weighted by Crippen LogP contribution is -2.13. The van der Waals surface area contributed by atoms with Gasteiger partial charge in [-0.15, -0.1) is 0 Å². The van der Waals surface area contributed by atoms with E-state index in [0.717, 1.165) is 20.1 Å². The minimum Gasteiger partial charge on any atom is -0.492 e. The molecule has 0 aromatic heterocycles. The normalized spacial score (nSPS) is 11.0. The van der Waals surface area contributed by atoms with Gasteiger partial charge in [0.15, 0.2) is 0 Å². The maximum Gasteiger partial charge on any atom is 0.266 e. The largest absolute Gasteiger partial charge is 0.492 e. The molecular formula is C20H18Br2N2O2. The van der Waals surface area contributed by atoms with Gasteiger partial charge < -0.3 is 10.1 Å². The summed E-state index contributed by atoms with van der Waals surface area (Å²) < 4.78 is 7.03. The van der Waals surface area contributed by atoms with E-state index >= 15 is 0 Å². The molecule has 2 rings (SSSR count). The summed E-state index contributed by atoms with van der Waals surface area (Å²) >= 11 is 6.90. The number of amides is 1. The van der Waals surface area contributed by atoms with Crippen molar-refractivity contribution in [1.82, 2.24) is 0 Å². The van der Waals surface area contributed by atoms with Crippen LogP contribution in [0.2, 0.25) is 0 Å². The highest BCUT2D eigenvalue weighted by Gasteiger charge is 2.12. The quantitative estimate of drug-likeness (QED) is 0.439. The highest BCUT2D eigenvalue weighted by molar-refractivity contribution is 9.11. The van der Waals surface area contributed by atoms with Crippen molar-refractivity contribution in [3.8, 4) is 11.8 Å². The van der Waals surface area contributed by atoms with Crippen molar-refractivity contribution in [3.63, 3.8) is 0 Å². The fourth-order valence-electron chi connectivity index (χ4n) is 2.28. The third kappa shape index (κ3) is 4.96. The third-order valence-electron chi connectivity index (χ3n) is 3.75. The van der Waals surface area contributed by atoms with Crippen LogP contribution >= 0.6 is 31.9 Å². The topological polar surface area (TPSA) is 62.1 Å². The van der Waals surface area contributed by atoms with E-state index in [9.17, 15) is 10.1 Å². The molecule has 0 saturated heterocycles. The van der Waals surface area contributed by atoms with Crippen molar-refractivity contribution in [1.29, 1.82) is 5.26 Å². The van der Waals surface area contributed by atoms with Crippen LogP contribution in [0.1, 0.15) is 23.6 Å². The van der Waals surface area contributed by atoms with Crippen LogP contribution in [0.3, 0.4) is 0 Å². The summed E-state index contributed by atoms with van der Waals surface area (Å²) in [7, 11) is 0. The number of hydrogen-bond acceptors (Lipinski definition) is 3. The molecule has 2 aromatic rings. The molecule has 0 atom stereocenters. The molecule has 0 heterocycles. The van der Waals surface area contributed by atoms with E-state index in [1.165, 1.54) is 0 Å². The number of anilines is 1. The van der Waals surface area contributed by atoms with Crippen LogP contribution in [-0.2, 0) is 4.79 Å². The van der Waals surface area contributed by atoms with Crippen molar-refractivity contribution in [2.75, 3.05) is 11.9 Å². The Morgan fingerprint density at radius 1 is 1.19 bits per heavy atom. The van der Waals surface area contributed by atoms with Crippen molar-refractivity contribution in [2.45, 2.75) is 20.8 Å². The molecule has 0 spiro atoms. The first-order valence-electron chi connectivity index (χ1n) is 7.98. The standard InChI is InChI=1S/C20H18Br2N2O2/c1-4-26-19-17(21)9-14(10-18(19)22)8-15(11-23)20(25)24-16-6-5-12(2)13(3)7-16/h5-10H,4H2,1-3H3,(H,24,25)/b15-8+. The smallest absolute Gasteiger partial charge is 0.266 e. The van der Waals surface area contributed by atoms with Crippen LogP contribution in [-0.4, -0.2) is 12.5 Å². The predicted octanol–water partition coefficient (Wildman–Crippen LogP) is 5.77. The minimum atomic E-state index is -0.447. The molecular weight excluding hydrogens is 460 g/mol. The Labute approximate surface area is 170 Å². The zero-order chi connectivity index (χ0) is 19.3. The number of carbonyl (C=O) groups excluding carboxylic acids is 1. The number of ether oxygens (including phenoxy) is 1. The Morgan fingerprint density at radius 2 is 1.85 bits per heavy atom. The number of hydrogen-bond donors (Lipinski definition) is 1. The van der Waals surface area contributed by atoms with Gasteiger partial charge >= 0.3 is 0 Å². The van der Waals surface area contributed by atoms with Crippen LogP contribution in [0.4, 0.5) is 5.69 Å². The Hall–Kier alpha value is -2.10. The molecule has 0 fully saturated rings. The van der Waals surface area contributed by atoms with Gasteiger partial charge in [-0.25, -0.2) is 0 Å². The minimum absolute atomic E-state index is 0.0196. The number of carbonyl (C=O) groups is 1. The van der Waals surface area contributed by atoms with E-state index in [1.807, 2.05) is 45.0 Å². The Bertz CT molecular complexity index is 892. The second-order valence-electron chi connectivity index (χ2n) is 5.67. The van der Waals surface area contributed by atoms with Gasteiger partial charge in [0.2, 0.25) is 0 Å². The summed E-state index contributed by atoms with van der Waals surface area (Å²) in [6.07, 6.45) is 1.54. The summed E-state index contributed by atoms with van der Waals surface area (Å²) in [6, 6.07) is 11.2. The number of benzene rings is 2. The summed E-state index contributed by atoms with van der Waals surface area (Å²) in [6.45, 7) is 6.41. The molecule has 0 aliphatic rings. The first-order chi connectivity index (χ1) is 12.3. The third-order valence-corrected chi connectivity index (χ3v) is 4.93. The first-order valence-corrected chi connectivity index (χ1v) is 9.56. The fourth-order valence-corrected chi connectivity index (χ4v) is 3.73. The van der Waals surface area contributed by atoms with Gasteiger partial charge in [-0.2, -0.15) is 5.26 Å². The lowest BCUT2D eigenvalue weighted by atomic mass is 10.1. The SMILES string of the molecule is CCOc1c(Br)cc(/C=C(\C#N)C(=O)Nc2ccc(C)c(C)c2)cc1Br. The molecule has 2 aromatic carbocycles. The zero-order valence-electron chi connectivity index (χ0n) is 14.7. The van der Waals surface area contributed by atoms with E-state index in [0.29, 0.717) is 23.6 Å². The van der Waals surface area contributed by atoms with E-state index < -0.39 is 5.91 Å². The van der Waals surface area contributed by atoms with Crippen molar-refractivity contribution >= 4 is 49.5 Å². The van der Waals surface area contributed by atoms with Gasteiger partial charge in [-0.05, 0) is 99.7 Å². The summed E-state index contributed by atoms with van der Waals surface area (Å²) in [5.41, 5.74) is 3.60. The highest BCUT2D eigenvalue weighted by Crippen LogP contribution is 2.35. The Balaban J connectivity index is 2.28. The number of aryl methyl sites for hydroxylation is 2. The Kier molecular flexibility index (Phi) is 7.01. The second kappa shape index (κ2) is 9.02. The molecule has 0 bridgehead atoms. The van der Waals surface area contributed by atoms with Crippen LogP contribution in [0, 0.1) is 25.2 Å². The maximum atomic E-state index is 12.4. The monoisotopic (exact) mass is 476 g/mol. The summed E-state index contributed by atoms with van der Waals surface area (Å²) in [4.78, 5) is 12.4. The van der Waals surface area contributed by atoms with Gasteiger partial charge in [0.05, 0.1) is 15.6 Å². The number of rotatable bonds is 5. The summed E-state index contributed by atoms with van der Waals surface area (Å²) in [5.74, 6) is 0.236. The van der Waals surface area contributed by atoms with Crippen molar-refractivity contribution < 1.29 is 9.53 Å². The van der Waals surface area contributed by atoms with E-state index in [2.05, 4.69) is 37.2 Å². The molecule has 0 aliphatic heterocycles. The number of halogens is 2. The van der Waals surface area contributed by atoms with E-state index in [1.54, 1.807) is 18.2 Å². The highest BCUT2D eigenvalue weighted by atomic mass is 79.9. The first kappa shape index (κ1) is 20.2. The molecule has 134 valence electrons. The molecule has 4 nitrogen and oxygen atoms in total. The van der Waals surface area contributed by atoms with Crippen LogP contribution in [0.15, 0.2) is 44.9 Å². The van der Waals surface area contributed by atoms with Gasteiger partial charge in [-0.3, -0.25) is 4.79 Å². The van der Waals surface area contributed by atoms with Crippen molar-refractivity contribution in [3.05, 3.63) is 61.5 Å². The average Bonchev–Trinajstić information content (AvgIpc) is 2.59. The molecule has 6 heteroatoms. The van der Waals surface area contributed by atoms with Gasteiger partial charge in [0.25, 0.3) is 5.91 Å². The van der Waals surface area contributed by atoms with Gasteiger partial charge in [-0.1, -0.05) is 6.07 Å². The van der Waals surface area contributed by atoms with Crippen LogP contribution in [0.25, 0.3) is 6.08 Å². The fraction of sp³-hybridized carbons (Fsp3) is 0.200. The van der Waals surface area contributed by atoms with E-state index in [4.69, 9.17) is 4.74 Å². The molecule has 0 aliphatic carbocycles. The predicted molar refractivity (Wildman–Crippen MR) is 111 cm³/mol. The van der Waals surface area contributed by atoms with Crippen LogP contribution < -0.4 is 10.1 Å². The average molecular weight is 478 g/mol. The lowest BCUT2D eigenvalue weighted by molar-refractivity contribution is -0.112. The maximum absolute atomic E-state index is 12.4. The molecule has 0 radical (unpaired) electrons. The van der Waals surface area contributed by atoms with E-state index in [-0.39, 0.29) is 5.57 Å². The molecule has 1 N–H and O–H groups in total. The molecule has 1 amide bonds. The Morgan fingerprint density at radius 3 is 2.38 bits per heavy atom. The number of nitriles is 1. The van der Waals surface area contributed by atoms with Crippen molar-refractivity contribution in [2.24, 2.45) is 0 Å².